The summed E-state index contributed by atoms with van der Waals surface area (Å²) in [7, 11) is 0. The van der Waals surface area contributed by atoms with Crippen LogP contribution < -0.4 is 11.1 Å². The van der Waals surface area contributed by atoms with Crippen molar-refractivity contribution in [3.63, 3.8) is 0 Å². The number of aryl methyl sites for hydroxylation is 2. The molecule has 0 spiro atoms. The first kappa shape index (κ1) is 20.3. The Balaban J connectivity index is 2.25. The van der Waals surface area contributed by atoms with Crippen molar-refractivity contribution in [2.45, 2.75) is 57.5 Å². The number of carboxylic acid groups (broad SMARTS) is 1. The van der Waals surface area contributed by atoms with Gasteiger partial charge < -0.3 is 21.0 Å². The van der Waals surface area contributed by atoms with Crippen LogP contribution in [0.15, 0.2) is 6.20 Å². The van der Waals surface area contributed by atoms with E-state index in [9.17, 15) is 19.2 Å². The molecular weight excluding hydrogens is 330 g/mol. The van der Waals surface area contributed by atoms with Gasteiger partial charge >= 0.3 is 5.97 Å². The van der Waals surface area contributed by atoms with Crippen LogP contribution in [0, 0.1) is 0 Å². The smallest absolute Gasteiger partial charge is 0.305 e. The lowest BCUT2D eigenvalue weighted by Gasteiger charge is -2.13. The Kier molecular flexibility index (Phi) is 8.83. The van der Waals surface area contributed by atoms with Gasteiger partial charge in [-0.2, -0.15) is 0 Å². The second-order valence-electron chi connectivity index (χ2n) is 5.61. The Labute approximate surface area is 144 Å². The van der Waals surface area contributed by atoms with E-state index in [1.165, 1.54) is 0 Å². The van der Waals surface area contributed by atoms with Crippen LogP contribution in [-0.4, -0.2) is 50.2 Å². The lowest BCUT2D eigenvalue weighted by atomic mass is 10.1. The fourth-order valence-corrected chi connectivity index (χ4v) is 2.15. The average molecular weight is 353 g/mol. The first-order chi connectivity index (χ1) is 11.9. The molecule has 25 heavy (non-hydrogen) atoms. The number of aliphatic carboxylic acids is 1. The molecule has 1 rings (SSSR count). The molecule has 0 radical (unpaired) electrons. The van der Waals surface area contributed by atoms with Crippen molar-refractivity contribution in [3.05, 3.63) is 11.9 Å². The van der Waals surface area contributed by atoms with Gasteiger partial charge in [-0.3, -0.25) is 19.1 Å². The number of nitrogens with one attached hydrogen (secondary N) is 1. The zero-order chi connectivity index (χ0) is 18.7. The van der Waals surface area contributed by atoms with E-state index in [4.69, 9.17) is 10.8 Å². The van der Waals surface area contributed by atoms with E-state index in [1.807, 2.05) is 0 Å². The highest BCUT2D eigenvalue weighted by atomic mass is 16.4. The van der Waals surface area contributed by atoms with Crippen LogP contribution in [0.1, 0.15) is 44.2 Å². The Hall–Kier alpha value is -2.78. The monoisotopic (exact) mass is 353 g/mol. The average Bonchev–Trinajstić information content (AvgIpc) is 2.98. The molecule has 0 aliphatic heterocycles. The minimum Gasteiger partial charge on any atom is -0.481 e. The number of nitrogens with zero attached hydrogens (tertiary/aromatic N) is 3. The summed E-state index contributed by atoms with van der Waals surface area (Å²) < 4.78 is 1.67. The predicted octanol–water partition coefficient (Wildman–Crippen LogP) is -0.585. The molecule has 1 aromatic rings. The number of aromatic nitrogens is 3. The molecular formula is C15H23N5O5. The summed E-state index contributed by atoms with van der Waals surface area (Å²) in [5.74, 6) is -2.50. The van der Waals surface area contributed by atoms with Gasteiger partial charge in [0.1, 0.15) is 12.3 Å². The highest BCUT2D eigenvalue weighted by molar-refractivity contribution is 5.89. The molecule has 1 aromatic heterocycles. The van der Waals surface area contributed by atoms with Crippen molar-refractivity contribution in [1.29, 1.82) is 0 Å². The third-order valence-electron chi connectivity index (χ3n) is 3.44. The molecule has 10 nitrogen and oxygen atoms in total. The van der Waals surface area contributed by atoms with Crippen LogP contribution in [0.5, 0.6) is 0 Å². The molecule has 0 aliphatic rings. The van der Waals surface area contributed by atoms with E-state index >= 15 is 0 Å². The number of carbonyl (C=O) groups is 4. The number of carboxylic acids is 1. The SMILES string of the molecule is NC(=O)C(CC(=O)O)NC(=O)CCCCn1cc(CCCC=O)nn1. The maximum Gasteiger partial charge on any atom is 0.305 e. The minimum atomic E-state index is -1.21. The number of rotatable bonds is 13. The van der Waals surface area contributed by atoms with E-state index < -0.39 is 30.2 Å². The first-order valence-electron chi connectivity index (χ1n) is 8.05. The van der Waals surface area contributed by atoms with Crippen molar-refractivity contribution < 1.29 is 24.3 Å². The van der Waals surface area contributed by atoms with Crippen LogP contribution in [0.2, 0.25) is 0 Å². The highest BCUT2D eigenvalue weighted by Crippen LogP contribution is 2.03. The third kappa shape index (κ3) is 8.58. The van der Waals surface area contributed by atoms with Crippen LogP contribution in [-0.2, 0) is 32.1 Å². The number of nitrogens with two attached hydrogens (primary N) is 1. The zero-order valence-electron chi connectivity index (χ0n) is 13.9. The van der Waals surface area contributed by atoms with Gasteiger partial charge in [-0.25, -0.2) is 0 Å². The van der Waals surface area contributed by atoms with Gasteiger partial charge in [0.2, 0.25) is 11.8 Å². The number of aldehydes is 1. The van der Waals surface area contributed by atoms with E-state index in [0.717, 1.165) is 18.4 Å². The number of unbranched alkanes of at least 4 members (excludes halogenated alkanes) is 2. The molecule has 0 bridgehead atoms. The molecule has 0 aliphatic carbocycles. The topological polar surface area (TPSA) is 157 Å². The maximum atomic E-state index is 11.7. The summed E-state index contributed by atoms with van der Waals surface area (Å²) in [5.41, 5.74) is 5.87. The molecule has 0 fully saturated rings. The van der Waals surface area contributed by atoms with Crippen LogP contribution in [0.4, 0.5) is 0 Å². The van der Waals surface area contributed by atoms with Gasteiger partial charge in [0.15, 0.2) is 0 Å². The second-order valence-corrected chi connectivity index (χ2v) is 5.61. The summed E-state index contributed by atoms with van der Waals surface area (Å²) >= 11 is 0. The fourth-order valence-electron chi connectivity index (χ4n) is 2.15. The van der Waals surface area contributed by atoms with Crippen molar-refractivity contribution in [2.75, 3.05) is 0 Å². The van der Waals surface area contributed by atoms with Gasteiger partial charge in [-0.1, -0.05) is 5.21 Å². The van der Waals surface area contributed by atoms with Crippen molar-refractivity contribution >= 4 is 24.1 Å². The van der Waals surface area contributed by atoms with Gasteiger partial charge in [-0.15, -0.1) is 5.10 Å². The molecule has 1 atom stereocenters. The van der Waals surface area contributed by atoms with Crippen molar-refractivity contribution in [3.8, 4) is 0 Å². The Morgan fingerprint density at radius 3 is 2.72 bits per heavy atom. The normalized spacial score (nSPS) is 11.7. The van der Waals surface area contributed by atoms with Crippen LogP contribution >= 0.6 is 0 Å². The molecule has 0 saturated heterocycles. The summed E-state index contributed by atoms with van der Waals surface area (Å²) in [4.78, 5) is 43.7. The molecule has 1 unspecified atom stereocenters. The lowest BCUT2D eigenvalue weighted by molar-refractivity contribution is -0.140. The highest BCUT2D eigenvalue weighted by Gasteiger charge is 2.20. The summed E-state index contributed by atoms with van der Waals surface area (Å²) in [6.07, 6.45) is 5.44. The van der Waals surface area contributed by atoms with Gasteiger partial charge in [0.05, 0.1) is 12.1 Å². The Morgan fingerprint density at radius 1 is 1.32 bits per heavy atom. The largest absolute Gasteiger partial charge is 0.481 e. The number of carbonyl (C=O) groups excluding carboxylic acids is 3. The van der Waals surface area contributed by atoms with E-state index in [-0.39, 0.29) is 6.42 Å². The molecule has 10 heteroatoms. The molecule has 0 aromatic carbocycles. The van der Waals surface area contributed by atoms with E-state index in [2.05, 4.69) is 15.6 Å². The molecule has 0 saturated carbocycles. The molecule has 2 amide bonds. The van der Waals surface area contributed by atoms with E-state index in [0.29, 0.717) is 32.2 Å². The Bertz CT molecular complexity index is 601. The number of amides is 2. The summed E-state index contributed by atoms with van der Waals surface area (Å²) in [6, 6.07) is -1.20. The standard InChI is InChI=1S/C15H23N5O5/c16-15(25)12(9-14(23)24)17-13(22)6-1-3-7-20-10-11(18-19-20)5-2-4-8-21/h8,10,12H,1-7,9H2,(H2,16,25)(H,17,22)(H,23,24). The van der Waals surface area contributed by atoms with Crippen molar-refractivity contribution in [1.82, 2.24) is 20.3 Å². The predicted molar refractivity (Wildman–Crippen MR) is 86.3 cm³/mol. The van der Waals surface area contributed by atoms with Gasteiger partial charge in [0, 0.05) is 25.6 Å². The Morgan fingerprint density at radius 2 is 2.08 bits per heavy atom. The summed E-state index contributed by atoms with van der Waals surface area (Å²) in [6.45, 7) is 0.586. The first-order valence-corrected chi connectivity index (χ1v) is 8.05. The quantitative estimate of drug-likeness (QED) is 0.316. The van der Waals surface area contributed by atoms with Crippen LogP contribution in [0.3, 0.4) is 0 Å². The second kappa shape index (κ2) is 10.9. The summed E-state index contributed by atoms with van der Waals surface area (Å²) in [5, 5.41) is 19.0. The third-order valence-corrected chi connectivity index (χ3v) is 3.44. The molecule has 4 N–H and O–H groups in total. The lowest BCUT2D eigenvalue weighted by Crippen LogP contribution is -2.45. The number of hydrogen-bond acceptors (Lipinski definition) is 6. The minimum absolute atomic E-state index is 0.157. The van der Waals surface area contributed by atoms with Crippen molar-refractivity contribution in [2.24, 2.45) is 5.73 Å². The number of hydrogen-bond donors (Lipinski definition) is 3. The van der Waals surface area contributed by atoms with Crippen LogP contribution in [0.25, 0.3) is 0 Å². The molecule has 1 heterocycles. The zero-order valence-corrected chi connectivity index (χ0v) is 13.9. The van der Waals surface area contributed by atoms with E-state index in [1.54, 1.807) is 10.9 Å². The molecule has 138 valence electrons. The van der Waals surface area contributed by atoms with Gasteiger partial charge in [0.25, 0.3) is 0 Å². The number of primary amides is 1. The maximum absolute atomic E-state index is 11.7. The van der Waals surface area contributed by atoms with Gasteiger partial charge in [-0.05, 0) is 25.7 Å². The fraction of sp³-hybridized carbons (Fsp3) is 0.600.